The summed E-state index contributed by atoms with van der Waals surface area (Å²) in [7, 11) is 0. The lowest BCUT2D eigenvalue weighted by molar-refractivity contribution is -0.118. The number of carbonyl (C=O) groups is 1. The third kappa shape index (κ3) is 5.65. The number of nitrogens with one attached hydrogen (secondary N) is 1. The Hall–Kier alpha value is -0.870. The van der Waals surface area contributed by atoms with Gasteiger partial charge in [0.2, 0.25) is 5.91 Å². The SMILES string of the molecule is C/C=C(\CN1CCOCC1)C(=O)NCC(C)(C)C. The van der Waals surface area contributed by atoms with Crippen LogP contribution in [0.5, 0.6) is 0 Å². The predicted octanol–water partition coefficient (Wildman–Crippen LogP) is 1.43. The van der Waals surface area contributed by atoms with Gasteiger partial charge in [-0.2, -0.15) is 0 Å². The lowest BCUT2D eigenvalue weighted by Crippen LogP contribution is -2.41. The van der Waals surface area contributed by atoms with Crippen LogP contribution < -0.4 is 5.32 Å². The molecule has 4 nitrogen and oxygen atoms in total. The van der Waals surface area contributed by atoms with E-state index in [0.717, 1.165) is 38.4 Å². The molecule has 1 amide bonds. The van der Waals surface area contributed by atoms with E-state index in [9.17, 15) is 4.79 Å². The third-order valence-electron chi connectivity index (χ3n) is 2.92. The zero-order chi connectivity index (χ0) is 13.6. The fraction of sp³-hybridized carbons (Fsp3) is 0.786. The van der Waals surface area contributed by atoms with Crippen molar-refractivity contribution in [2.45, 2.75) is 27.7 Å². The monoisotopic (exact) mass is 254 g/mol. The zero-order valence-corrected chi connectivity index (χ0v) is 12.1. The molecule has 18 heavy (non-hydrogen) atoms. The molecule has 1 aliphatic heterocycles. The van der Waals surface area contributed by atoms with Crippen LogP contribution in [0.4, 0.5) is 0 Å². The third-order valence-corrected chi connectivity index (χ3v) is 2.92. The molecule has 1 rings (SSSR count). The van der Waals surface area contributed by atoms with E-state index in [2.05, 4.69) is 31.0 Å². The second-order valence-electron chi connectivity index (χ2n) is 5.95. The smallest absolute Gasteiger partial charge is 0.248 e. The summed E-state index contributed by atoms with van der Waals surface area (Å²) in [6, 6.07) is 0. The first-order chi connectivity index (χ1) is 8.42. The predicted molar refractivity (Wildman–Crippen MR) is 73.5 cm³/mol. The van der Waals surface area contributed by atoms with Gasteiger partial charge in [0, 0.05) is 31.8 Å². The first-order valence-corrected chi connectivity index (χ1v) is 6.66. The molecule has 1 N–H and O–H groups in total. The van der Waals surface area contributed by atoms with Crippen LogP contribution >= 0.6 is 0 Å². The van der Waals surface area contributed by atoms with Crippen LogP contribution in [0.15, 0.2) is 11.6 Å². The van der Waals surface area contributed by atoms with E-state index in [1.165, 1.54) is 0 Å². The maximum atomic E-state index is 12.1. The van der Waals surface area contributed by atoms with Gasteiger partial charge in [0.1, 0.15) is 0 Å². The van der Waals surface area contributed by atoms with Crippen LogP contribution in [0.25, 0.3) is 0 Å². The molecule has 4 heteroatoms. The van der Waals surface area contributed by atoms with E-state index in [-0.39, 0.29) is 11.3 Å². The highest BCUT2D eigenvalue weighted by atomic mass is 16.5. The van der Waals surface area contributed by atoms with Crippen molar-refractivity contribution >= 4 is 5.91 Å². The summed E-state index contributed by atoms with van der Waals surface area (Å²) in [5, 5.41) is 3.00. The van der Waals surface area contributed by atoms with Crippen molar-refractivity contribution in [3.8, 4) is 0 Å². The minimum atomic E-state index is 0.0546. The minimum absolute atomic E-state index is 0.0546. The number of rotatable bonds is 4. The quantitative estimate of drug-likeness (QED) is 0.772. The first-order valence-electron chi connectivity index (χ1n) is 6.66. The van der Waals surface area contributed by atoms with E-state index >= 15 is 0 Å². The van der Waals surface area contributed by atoms with Gasteiger partial charge in [-0.1, -0.05) is 26.8 Å². The summed E-state index contributed by atoms with van der Waals surface area (Å²) >= 11 is 0. The summed E-state index contributed by atoms with van der Waals surface area (Å²) in [4.78, 5) is 14.3. The fourth-order valence-corrected chi connectivity index (χ4v) is 1.75. The first kappa shape index (κ1) is 15.2. The van der Waals surface area contributed by atoms with Crippen molar-refractivity contribution in [3.63, 3.8) is 0 Å². The van der Waals surface area contributed by atoms with E-state index in [0.29, 0.717) is 6.54 Å². The number of ether oxygens (including phenoxy) is 1. The standard InChI is InChI=1S/C14H26N2O2/c1-5-12(10-16-6-8-18-9-7-16)13(17)15-11-14(2,3)4/h5H,6-11H2,1-4H3,(H,15,17)/b12-5+. The lowest BCUT2D eigenvalue weighted by Gasteiger charge is -2.27. The van der Waals surface area contributed by atoms with Crippen LogP contribution in [-0.4, -0.2) is 50.2 Å². The fourth-order valence-electron chi connectivity index (χ4n) is 1.75. The molecule has 1 fully saturated rings. The lowest BCUT2D eigenvalue weighted by atomic mass is 9.97. The highest BCUT2D eigenvalue weighted by Gasteiger charge is 2.17. The van der Waals surface area contributed by atoms with Crippen molar-refractivity contribution in [2.24, 2.45) is 5.41 Å². The maximum Gasteiger partial charge on any atom is 0.248 e. The van der Waals surface area contributed by atoms with E-state index < -0.39 is 0 Å². The topological polar surface area (TPSA) is 41.6 Å². The van der Waals surface area contributed by atoms with Crippen molar-refractivity contribution in [1.82, 2.24) is 10.2 Å². The molecule has 0 unspecified atom stereocenters. The van der Waals surface area contributed by atoms with Gasteiger partial charge in [-0.3, -0.25) is 9.69 Å². The molecule has 0 bridgehead atoms. The molecule has 0 saturated carbocycles. The highest BCUT2D eigenvalue weighted by molar-refractivity contribution is 5.93. The summed E-state index contributed by atoms with van der Waals surface area (Å²) in [5.41, 5.74) is 0.967. The Morgan fingerprint density at radius 1 is 1.33 bits per heavy atom. The van der Waals surface area contributed by atoms with Gasteiger partial charge < -0.3 is 10.1 Å². The molecule has 1 aliphatic rings. The molecule has 0 aliphatic carbocycles. The maximum absolute atomic E-state index is 12.1. The van der Waals surface area contributed by atoms with Gasteiger partial charge in [0.15, 0.2) is 0 Å². The molecule has 0 radical (unpaired) electrons. The Morgan fingerprint density at radius 3 is 2.44 bits per heavy atom. The average molecular weight is 254 g/mol. The van der Waals surface area contributed by atoms with E-state index in [4.69, 9.17) is 4.74 Å². The van der Waals surface area contributed by atoms with Gasteiger partial charge in [0.25, 0.3) is 0 Å². The Morgan fingerprint density at radius 2 is 1.94 bits per heavy atom. The number of carbonyl (C=O) groups excluding carboxylic acids is 1. The number of amides is 1. The molecular weight excluding hydrogens is 228 g/mol. The van der Waals surface area contributed by atoms with Crippen molar-refractivity contribution in [1.29, 1.82) is 0 Å². The van der Waals surface area contributed by atoms with Gasteiger partial charge in [-0.15, -0.1) is 0 Å². The zero-order valence-electron chi connectivity index (χ0n) is 12.1. The average Bonchev–Trinajstić information content (AvgIpc) is 2.33. The Bertz CT molecular complexity index is 299. The van der Waals surface area contributed by atoms with Gasteiger partial charge in [-0.05, 0) is 12.3 Å². The second-order valence-corrected chi connectivity index (χ2v) is 5.95. The van der Waals surface area contributed by atoms with Crippen LogP contribution in [0.3, 0.4) is 0 Å². The minimum Gasteiger partial charge on any atom is -0.379 e. The van der Waals surface area contributed by atoms with E-state index in [1.54, 1.807) is 0 Å². The van der Waals surface area contributed by atoms with Crippen LogP contribution in [0.1, 0.15) is 27.7 Å². The number of hydrogen-bond donors (Lipinski definition) is 1. The Balaban J connectivity index is 2.42. The van der Waals surface area contributed by atoms with Crippen LogP contribution in [-0.2, 0) is 9.53 Å². The molecule has 1 heterocycles. The molecule has 1 saturated heterocycles. The highest BCUT2D eigenvalue weighted by Crippen LogP contribution is 2.11. The summed E-state index contributed by atoms with van der Waals surface area (Å²) in [5.74, 6) is 0.0546. The van der Waals surface area contributed by atoms with Crippen molar-refractivity contribution < 1.29 is 9.53 Å². The largest absolute Gasteiger partial charge is 0.379 e. The van der Waals surface area contributed by atoms with Gasteiger partial charge >= 0.3 is 0 Å². The molecular formula is C14H26N2O2. The summed E-state index contributed by atoms with van der Waals surface area (Å²) in [6.45, 7) is 13.0. The normalized spacial score (nSPS) is 18.8. The van der Waals surface area contributed by atoms with Crippen molar-refractivity contribution in [3.05, 3.63) is 11.6 Å². The number of hydrogen-bond acceptors (Lipinski definition) is 3. The molecule has 0 spiro atoms. The number of allylic oxidation sites excluding steroid dienone is 1. The summed E-state index contributed by atoms with van der Waals surface area (Å²) < 4.78 is 5.31. The van der Waals surface area contributed by atoms with Crippen LogP contribution in [0.2, 0.25) is 0 Å². The molecule has 0 aromatic rings. The summed E-state index contributed by atoms with van der Waals surface area (Å²) in [6.07, 6.45) is 1.91. The molecule has 104 valence electrons. The number of morpholine rings is 1. The second kappa shape index (κ2) is 6.90. The van der Waals surface area contributed by atoms with Gasteiger partial charge in [-0.25, -0.2) is 0 Å². The Labute approximate surface area is 110 Å². The number of nitrogens with zero attached hydrogens (tertiary/aromatic N) is 1. The molecule has 0 aromatic heterocycles. The van der Waals surface area contributed by atoms with Crippen LogP contribution in [0, 0.1) is 5.41 Å². The molecule has 0 aromatic carbocycles. The van der Waals surface area contributed by atoms with Crippen molar-refractivity contribution in [2.75, 3.05) is 39.4 Å². The Kier molecular flexibility index (Phi) is 5.82. The molecule has 0 atom stereocenters. The van der Waals surface area contributed by atoms with E-state index in [1.807, 2.05) is 13.0 Å². The van der Waals surface area contributed by atoms with Gasteiger partial charge in [0.05, 0.1) is 13.2 Å².